The fourth-order valence-electron chi connectivity index (χ4n) is 2.24. The number of aryl methyl sites for hydroxylation is 1. The zero-order valence-electron chi connectivity index (χ0n) is 9.88. The molecule has 1 aromatic heterocycles. The van der Waals surface area contributed by atoms with E-state index in [0.29, 0.717) is 6.42 Å². The van der Waals surface area contributed by atoms with Crippen molar-refractivity contribution in [2.45, 2.75) is 31.9 Å². The van der Waals surface area contributed by atoms with Crippen LogP contribution in [0.5, 0.6) is 0 Å². The molecule has 0 spiro atoms. The number of rotatable bonds is 2. The highest BCUT2D eigenvalue weighted by Gasteiger charge is 2.20. The lowest BCUT2D eigenvalue weighted by atomic mass is 10.1. The topological polar surface area (TPSA) is 50.9 Å². The fraction of sp³-hybridized carbons (Fsp3) is 0.385. The number of fused-ring (bicyclic) bond motifs is 1. The van der Waals surface area contributed by atoms with E-state index in [9.17, 15) is 5.11 Å². The number of hydrogen-bond acceptors (Lipinski definition) is 3. The molecular weight excluding hydrogens is 250 g/mol. The lowest BCUT2D eigenvalue weighted by Crippen LogP contribution is -2.18. The van der Waals surface area contributed by atoms with Gasteiger partial charge in [-0.05, 0) is 30.5 Å². The van der Waals surface area contributed by atoms with Crippen molar-refractivity contribution in [1.29, 1.82) is 0 Å². The number of aliphatic hydroxyl groups excluding tert-OH is 1. The van der Waals surface area contributed by atoms with Crippen LogP contribution in [-0.2, 0) is 12.8 Å². The third-order valence-corrected chi connectivity index (χ3v) is 3.42. The van der Waals surface area contributed by atoms with E-state index in [0.717, 1.165) is 41.5 Å². The second-order valence-corrected chi connectivity index (χ2v) is 5.00. The monoisotopic (exact) mass is 263 g/mol. The van der Waals surface area contributed by atoms with Gasteiger partial charge in [0, 0.05) is 17.9 Å². The SMILES string of the molecule is OC1CCCc2nc(Cc3ccc(Cl)cc3)nn21. The Morgan fingerprint density at radius 3 is 2.83 bits per heavy atom. The Labute approximate surface area is 110 Å². The van der Waals surface area contributed by atoms with Crippen molar-refractivity contribution in [3.8, 4) is 0 Å². The Hall–Kier alpha value is -1.39. The van der Waals surface area contributed by atoms with Crippen molar-refractivity contribution in [3.05, 3.63) is 46.5 Å². The van der Waals surface area contributed by atoms with Crippen molar-refractivity contribution in [2.24, 2.45) is 0 Å². The van der Waals surface area contributed by atoms with Crippen LogP contribution in [0.2, 0.25) is 5.02 Å². The number of nitrogens with zero attached hydrogens (tertiary/aromatic N) is 3. The summed E-state index contributed by atoms with van der Waals surface area (Å²) < 4.78 is 1.65. The van der Waals surface area contributed by atoms with E-state index < -0.39 is 6.23 Å². The van der Waals surface area contributed by atoms with Crippen molar-refractivity contribution < 1.29 is 5.11 Å². The molecule has 1 atom stereocenters. The summed E-state index contributed by atoms with van der Waals surface area (Å²) >= 11 is 5.85. The molecule has 5 heteroatoms. The quantitative estimate of drug-likeness (QED) is 0.905. The average Bonchev–Trinajstić information content (AvgIpc) is 2.76. The van der Waals surface area contributed by atoms with Crippen LogP contribution in [0.25, 0.3) is 0 Å². The molecule has 0 fully saturated rings. The first-order valence-corrected chi connectivity index (χ1v) is 6.47. The van der Waals surface area contributed by atoms with Crippen LogP contribution >= 0.6 is 11.6 Å². The summed E-state index contributed by atoms with van der Waals surface area (Å²) in [6.07, 6.45) is 2.78. The molecular formula is C13H14ClN3O. The first-order chi connectivity index (χ1) is 8.72. The largest absolute Gasteiger partial charge is 0.372 e. The molecule has 0 radical (unpaired) electrons. The highest BCUT2D eigenvalue weighted by Crippen LogP contribution is 2.21. The van der Waals surface area contributed by atoms with E-state index in [-0.39, 0.29) is 0 Å². The van der Waals surface area contributed by atoms with Gasteiger partial charge in [-0.3, -0.25) is 0 Å². The van der Waals surface area contributed by atoms with E-state index >= 15 is 0 Å². The van der Waals surface area contributed by atoms with E-state index in [1.165, 1.54) is 0 Å². The molecule has 0 saturated heterocycles. The summed E-state index contributed by atoms with van der Waals surface area (Å²) in [5, 5.41) is 14.9. The average molecular weight is 264 g/mol. The van der Waals surface area contributed by atoms with Gasteiger partial charge >= 0.3 is 0 Å². The minimum Gasteiger partial charge on any atom is -0.372 e. The Morgan fingerprint density at radius 1 is 1.33 bits per heavy atom. The van der Waals surface area contributed by atoms with Crippen LogP contribution in [0.15, 0.2) is 24.3 Å². The molecule has 1 aromatic carbocycles. The summed E-state index contributed by atoms with van der Waals surface area (Å²) in [6, 6.07) is 7.67. The number of benzene rings is 1. The van der Waals surface area contributed by atoms with Gasteiger partial charge < -0.3 is 5.11 Å². The van der Waals surface area contributed by atoms with E-state index in [2.05, 4.69) is 10.1 Å². The summed E-state index contributed by atoms with van der Waals surface area (Å²) in [4.78, 5) is 4.48. The molecule has 4 nitrogen and oxygen atoms in total. The van der Waals surface area contributed by atoms with E-state index in [1.54, 1.807) is 4.68 Å². The van der Waals surface area contributed by atoms with E-state index in [4.69, 9.17) is 11.6 Å². The Bertz CT molecular complexity index is 550. The predicted molar refractivity (Wildman–Crippen MR) is 68.5 cm³/mol. The molecule has 1 N–H and O–H groups in total. The molecule has 0 amide bonds. The third-order valence-electron chi connectivity index (χ3n) is 3.17. The molecule has 3 rings (SSSR count). The molecule has 0 saturated carbocycles. The number of aliphatic hydroxyl groups is 1. The summed E-state index contributed by atoms with van der Waals surface area (Å²) in [6.45, 7) is 0. The predicted octanol–water partition coefficient (Wildman–Crippen LogP) is 2.35. The van der Waals surface area contributed by atoms with Gasteiger partial charge in [-0.2, -0.15) is 5.10 Å². The fourth-order valence-corrected chi connectivity index (χ4v) is 2.36. The molecule has 1 aliphatic heterocycles. The van der Waals surface area contributed by atoms with Gasteiger partial charge in [-0.25, -0.2) is 9.67 Å². The molecule has 1 unspecified atom stereocenters. The summed E-state index contributed by atoms with van der Waals surface area (Å²) in [7, 11) is 0. The molecule has 2 aromatic rings. The van der Waals surface area contributed by atoms with Crippen molar-refractivity contribution in [3.63, 3.8) is 0 Å². The van der Waals surface area contributed by atoms with Crippen molar-refractivity contribution >= 4 is 11.6 Å². The summed E-state index contributed by atoms with van der Waals surface area (Å²) in [5.41, 5.74) is 1.12. The first-order valence-electron chi connectivity index (χ1n) is 6.09. The lowest BCUT2D eigenvalue weighted by Gasteiger charge is -2.17. The van der Waals surface area contributed by atoms with Gasteiger partial charge in [0.15, 0.2) is 5.82 Å². The summed E-state index contributed by atoms with van der Waals surface area (Å²) in [5.74, 6) is 1.64. The van der Waals surface area contributed by atoms with Crippen molar-refractivity contribution in [2.75, 3.05) is 0 Å². The van der Waals surface area contributed by atoms with Gasteiger partial charge in [0.05, 0.1) is 0 Å². The smallest absolute Gasteiger partial charge is 0.155 e. The highest BCUT2D eigenvalue weighted by atomic mass is 35.5. The van der Waals surface area contributed by atoms with Gasteiger partial charge in [0.1, 0.15) is 12.1 Å². The van der Waals surface area contributed by atoms with Crippen LogP contribution in [0.3, 0.4) is 0 Å². The normalized spacial score (nSPS) is 18.7. The Balaban J connectivity index is 1.83. The van der Waals surface area contributed by atoms with Crippen LogP contribution in [0.4, 0.5) is 0 Å². The van der Waals surface area contributed by atoms with Crippen LogP contribution in [0, 0.1) is 0 Å². The van der Waals surface area contributed by atoms with Gasteiger partial charge in [-0.1, -0.05) is 23.7 Å². The number of halogens is 1. The Morgan fingerprint density at radius 2 is 2.11 bits per heavy atom. The zero-order chi connectivity index (χ0) is 12.5. The number of hydrogen-bond donors (Lipinski definition) is 1. The first kappa shape index (κ1) is 11.7. The minimum absolute atomic E-state index is 0.514. The van der Waals surface area contributed by atoms with Crippen molar-refractivity contribution in [1.82, 2.24) is 14.8 Å². The minimum atomic E-state index is -0.514. The standard InChI is InChI=1S/C13H14ClN3O/c14-10-6-4-9(5-7-10)8-11-15-12-2-1-3-13(18)17(12)16-11/h4-7,13,18H,1-3,8H2. The lowest BCUT2D eigenvalue weighted by molar-refractivity contribution is 0.0644. The highest BCUT2D eigenvalue weighted by molar-refractivity contribution is 6.30. The van der Waals surface area contributed by atoms with Crippen LogP contribution in [-0.4, -0.2) is 19.9 Å². The van der Waals surface area contributed by atoms with Gasteiger partial charge in [-0.15, -0.1) is 0 Å². The zero-order valence-corrected chi connectivity index (χ0v) is 10.6. The Kier molecular flexibility index (Phi) is 3.06. The molecule has 2 heterocycles. The second-order valence-electron chi connectivity index (χ2n) is 4.56. The maximum atomic E-state index is 9.82. The van der Waals surface area contributed by atoms with Gasteiger partial charge in [0.25, 0.3) is 0 Å². The molecule has 0 bridgehead atoms. The third kappa shape index (κ3) is 2.26. The maximum absolute atomic E-state index is 9.82. The molecule has 0 aliphatic carbocycles. The van der Waals surface area contributed by atoms with E-state index in [1.807, 2.05) is 24.3 Å². The molecule has 94 valence electrons. The second kappa shape index (κ2) is 4.71. The molecule has 18 heavy (non-hydrogen) atoms. The van der Waals surface area contributed by atoms with Crippen LogP contribution < -0.4 is 0 Å². The maximum Gasteiger partial charge on any atom is 0.155 e. The number of aromatic nitrogens is 3. The molecule has 1 aliphatic rings. The van der Waals surface area contributed by atoms with Crippen LogP contribution in [0.1, 0.15) is 36.3 Å². The van der Waals surface area contributed by atoms with Gasteiger partial charge in [0.2, 0.25) is 0 Å².